The van der Waals surface area contributed by atoms with E-state index in [9.17, 15) is 9.59 Å². The Morgan fingerprint density at radius 3 is 2.43 bits per heavy atom. The van der Waals surface area contributed by atoms with Crippen LogP contribution in [0.2, 0.25) is 0 Å². The molecule has 8 nitrogen and oxygen atoms in total. The summed E-state index contributed by atoms with van der Waals surface area (Å²) in [5, 5.41) is 0. The molecule has 190 valence electrons. The van der Waals surface area contributed by atoms with E-state index in [4.69, 9.17) is 14.2 Å². The first kappa shape index (κ1) is 23.1. The first-order valence-electron chi connectivity index (χ1n) is 13.3. The van der Waals surface area contributed by atoms with Crippen LogP contribution in [0.4, 0.5) is 9.59 Å². The fourth-order valence-electron chi connectivity index (χ4n) is 7.44. The van der Waals surface area contributed by atoms with Crippen LogP contribution in [0.5, 0.6) is 0 Å². The van der Waals surface area contributed by atoms with Gasteiger partial charge in [0.25, 0.3) is 0 Å². The monoisotopic (exact) mass is 483 g/mol. The van der Waals surface area contributed by atoms with Crippen LogP contribution < -0.4 is 0 Å². The molecule has 0 N–H and O–H groups in total. The van der Waals surface area contributed by atoms with E-state index in [-0.39, 0.29) is 35.8 Å². The van der Waals surface area contributed by atoms with E-state index in [0.29, 0.717) is 25.8 Å². The maximum atomic E-state index is 12.9. The van der Waals surface area contributed by atoms with Gasteiger partial charge >= 0.3 is 12.2 Å². The van der Waals surface area contributed by atoms with Gasteiger partial charge in [-0.25, -0.2) is 9.59 Å². The number of benzene rings is 1. The van der Waals surface area contributed by atoms with E-state index in [1.54, 1.807) is 0 Å². The number of hydrogen-bond donors (Lipinski definition) is 0. The first-order chi connectivity index (χ1) is 17.1. The van der Waals surface area contributed by atoms with Crippen molar-refractivity contribution in [2.45, 2.75) is 81.1 Å². The average Bonchev–Trinajstić information content (AvgIpc) is 3.49. The Bertz CT molecular complexity index is 942. The number of hydrogen-bond acceptors (Lipinski definition) is 6. The third-order valence-corrected chi connectivity index (χ3v) is 9.22. The van der Waals surface area contributed by atoms with Gasteiger partial charge in [0, 0.05) is 43.1 Å². The molecule has 2 bridgehead atoms. The zero-order chi connectivity index (χ0) is 24.0. The van der Waals surface area contributed by atoms with Gasteiger partial charge in [-0.15, -0.1) is 0 Å². The minimum atomic E-state index is -0.235. The van der Waals surface area contributed by atoms with Gasteiger partial charge in [-0.05, 0) is 62.7 Å². The molecule has 1 aromatic rings. The Labute approximate surface area is 207 Å². The molecule has 1 spiro atoms. The number of carbonyl (C=O) groups is 2. The summed E-state index contributed by atoms with van der Waals surface area (Å²) in [6, 6.07) is 9.70. The normalized spacial score (nSPS) is 31.9. The van der Waals surface area contributed by atoms with Gasteiger partial charge in [0.15, 0.2) is 0 Å². The highest BCUT2D eigenvalue weighted by Crippen LogP contribution is 2.44. The second-order valence-electron chi connectivity index (χ2n) is 11.1. The number of amides is 2. The first-order valence-corrected chi connectivity index (χ1v) is 13.3. The molecule has 0 aliphatic carbocycles. The summed E-state index contributed by atoms with van der Waals surface area (Å²) >= 11 is 0. The number of likely N-dealkylation sites (tertiary alicyclic amines) is 1. The SMILES string of the molecule is COC(=O)N1Cc2ccccc2C2(CCN(C3CC4CCC(C3)N4C(=O)O[C@H]3CCOC3)CC2)C1. The van der Waals surface area contributed by atoms with E-state index < -0.39 is 0 Å². The lowest BCUT2D eigenvalue weighted by atomic mass is 9.68. The minimum Gasteiger partial charge on any atom is -0.453 e. The third-order valence-electron chi connectivity index (χ3n) is 9.22. The van der Waals surface area contributed by atoms with Crippen LogP contribution in [0.1, 0.15) is 56.1 Å². The highest BCUT2D eigenvalue weighted by Gasteiger charge is 2.49. The lowest BCUT2D eigenvalue weighted by molar-refractivity contribution is 0.00539. The summed E-state index contributed by atoms with van der Waals surface area (Å²) < 4.78 is 16.2. The number of rotatable bonds is 2. The second kappa shape index (κ2) is 9.28. The van der Waals surface area contributed by atoms with Crippen molar-refractivity contribution in [2.24, 2.45) is 0 Å². The lowest BCUT2D eigenvalue weighted by Crippen LogP contribution is -2.57. The number of methoxy groups -OCH3 is 1. The van der Waals surface area contributed by atoms with Gasteiger partial charge in [0.2, 0.25) is 0 Å². The van der Waals surface area contributed by atoms with E-state index in [0.717, 1.165) is 64.6 Å². The van der Waals surface area contributed by atoms with Crippen molar-refractivity contribution in [1.29, 1.82) is 0 Å². The van der Waals surface area contributed by atoms with E-state index in [1.807, 2.05) is 9.80 Å². The van der Waals surface area contributed by atoms with Crippen LogP contribution in [0.25, 0.3) is 0 Å². The zero-order valence-corrected chi connectivity index (χ0v) is 20.7. The van der Waals surface area contributed by atoms with Crippen molar-refractivity contribution in [3.05, 3.63) is 35.4 Å². The molecule has 0 aromatic heterocycles. The van der Waals surface area contributed by atoms with Crippen LogP contribution in [0.15, 0.2) is 24.3 Å². The number of carbonyl (C=O) groups excluding carboxylic acids is 2. The van der Waals surface area contributed by atoms with Gasteiger partial charge in [-0.2, -0.15) is 0 Å². The Balaban J connectivity index is 1.11. The van der Waals surface area contributed by atoms with Crippen molar-refractivity contribution < 1.29 is 23.8 Å². The summed E-state index contributed by atoms with van der Waals surface area (Å²) in [6.07, 6.45) is 6.66. The minimum absolute atomic E-state index is 0.00756. The maximum absolute atomic E-state index is 12.9. The molecule has 0 radical (unpaired) electrons. The van der Waals surface area contributed by atoms with Crippen LogP contribution in [-0.4, -0.2) is 91.1 Å². The molecular weight excluding hydrogens is 446 g/mol. The number of ether oxygens (including phenoxy) is 3. The zero-order valence-electron chi connectivity index (χ0n) is 20.7. The van der Waals surface area contributed by atoms with Crippen molar-refractivity contribution in [1.82, 2.24) is 14.7 Å². The molecule has 4 saturated heterocycles. The van der Waals surface area contributed by atoms with E-state index in [1.165, 1.54) is 18.2 Å². The summed E-state index contributed by atoms with van der Waals surface area (Å²) in [6.45, 7) is 4.62. The van der Waals surface area contributed by atoms with Gasteiger partial charge < -0.3 is 28.9 Å². The molecule has 8 heteroatoms. The largest absolute Gasteiger partial charge is 0.453 e. The number of piperidine rings is 2. The summed E-state index contributed by atoms with van der Waals surface area (Å²) in [5.41, 5.74) is 2.65. The quantitative estimate of drug-likeness (QED) is 0.641. The van der Waals surface area contributed by atoms with Crippen LogP contribution >= 0.6 is 0 Å². The molecule has 5 aliphatic rings. The molecule has 4 fully saturated rings. The molecule has 0 saturated carbocycles. The van der Waals surface area contributed by atoms with Crippen LogP contribution in [0, 0.1) is 0 Å². The van der Waals surface area contributed by atoms with Gasteiger partial charge in [0.05, 0.1) is 20.3 Å². The molecule has 3 atom stereocenters. The number of fused-ring (bicyclic) bond motifs is 4. The molecule has 2 amide bonds. The predicted molar refractivity (Wildman–Crippen MR) is 129 cm³/mol. The predicted octanol–water partition coefficient (Wildman–Crippen LogP) is 3.52. The fourth-order valence-corrected chi connectivity index (χ4v) is 7.44. The topological polar surface area (TPSA) is 71.6 Å². The van der Waals surface area contributed by atoms with Crippen LogP contribution in [0.3, 0.4) is 0 Å². The van der Waals surface area contributed by atoms with Crippen molar-refractivity contribution >= 4 is 12.2 Å². The summed E-state index contributed by atoms with van der Waals surface area (Å²) in [5.74, 6) is 0. The van der Waals surface area contributed by atoms with Crippen molar-refractivity contribution in [3.63, 3.8) is 0 Å². The molecule has 6 rings (SSSR count). The Morgan fingerprint density at radius 2 is 1.74 bits per heavy atom. The second-order valence-corrected chi connectivity index (χ2v) is 11.1. The number of nitrogens with zero attached hydrogens (tertiary/aromatic N) is 3. The van der Waals surface area contributed by atoms with Crippen molar-refractivity contribution in [3.8, 4) is 0 Å². The standard InChI is InChI=1S/C27H37N3O5/c1-33-25(31)29-16-19-4-2-3-5-24(19)27(18-29)9-11-28(12-10-27)22-14-20-6-7-21(15-22)30(20)26(32)35-23-8-13-34-17-23/h2-5,20-23H,6-18H2,1H3/t20?,21?,22?,23-/m0/s1. The highest BCUT2D eigenvalue weighted by molar-refractivity contribution is 5.69. The smallest absolute Gasteiger partial charge is 0.410 e. The van der Waals surface area contributed by atoms with E-state index >= 15 is 0 Å². The summed E-state index contributed by atoms with van der Waals surface area (Å²) in [7, 11) is 1.47. The molecule has 35 heavy (non-hydrogen) atoms. The highest BCUT2D eigenvalue weighted by atomic mass is 16.6. The van der Waals surface area contributed by atoms with Crippen LogP contribution in [-0.2, 0) is 26.2 Å². The van der Waals surface area contributed by atoms with Gasteiger partial charge in [-0.1, -0.05) is 24.3 Å². The third kappa shape index (κ3) is 4.18. The molecule has 2 unspecified atom stereocenters. The molecule has 5 aliphatic heterocycles. The Kier molecular flexibility index (Phi) is 6.13. The lowest BCUT2D eigenvalue weighted by Gasteiger charge is -2.51. The Hall–Kier alpha value is -2.32. The maximum Gasteiger partial charge on any atom is 0.410 e. The molecular formula is C27H37N3O5. The van der Waals surface area contributed by atoms with Gasteiger partial charge in [0.1, 0.15) is 6.10 Å². The Morgan fingerprint density at radius 1 is 1.00 bits per heavy atom. The van der Waals surface area contributed by atoms with E-state index in [2.05, 4.69) is 29.2 Å². The fraction of sp³-hybridized carbons (Fsp3) is 0.704. The average molecular weight is 484 g/mol. The molecule has 1 aromatic carbocycles. The summed E-state index contributed by atoms with van der Waals surface area (Å²) in [4.78, 5) is 31.9. The molecule has 5 heterocycles. The van der Waals surface area contributed by atoms with Crippen molar-refractivity contribution in [2.75, 3.05) is 40.0 Å². The van der Waals surface area contributed by atoms with Gasteiger partial charge in [-0.3, -0.25) is 0 Å².